The number of hydrogen-bond donors (Lipinski definition) is 1. The highest BCUT2D eigenvalue weighted by atomic mass is 35.5. The fraction of sp³-hybridized carbons (Fsp3) is 0.259. The van der Waals surface area contributed by atoms with Crippen molar-refractivity contribution in [3.8, 4) is 5.75 Å². The van der Waals surface area contributed by atoms with Crippen molar-refractivity contribution in [2.45, 2.75) is 31.3 Å². The van der Waals surface area contributed by atoms with Crippen LogP contribution in [-0.4, -0.2) is 56.8 Å². The molecule has 1 atom stereocenters. The van der Waals surface area contributed by atoms with E-state index in [2.05, 4.69) is 5.32 Å². The normalized spacial score (nSPS) is 11.9. The van der Waals surface area contributed by atoms with E-state index >= 15 is 0 Å². The molecule has 0 saturated heterocycles. The molecule has 3 rings (SSSR count). The van der Waals surface area contributed by atoms with Gasteiger partial charge in [-0.25, -0.2) is 8.42 Å². The van der Waals surface area contributed by atoms with Crippen LogP contribution in [0.25, 0.3) is 0 Å². The molecular weight excluding hydrogens is 631 g/mol. The topological polar surface area (TPSA) is 139 Å². The Morgan fingerprint density at radius 1 is 1.05 bits per heavy atom. The number of benzene rings is 3. The second kappa shape index (κ2) is 13.6. The number of sulfonamides is 1. The molecule has 0 spiro atoms. The molecule has 15 heteroatoms. The van der Waals surface area contributed by atoms with Crippen molar-refractivity contribution in [2.75, 3.05) is 25.0 Å². The zero-order valence-electron chi connectivity index (χ0n) is 22.9. The van der Waals surface area contributed by atoms with Gasteiger partial charge in [0.15, 0.2) is 0 Å². The van der Waals surface area contributed by atoms with Crippen LogP contribution in [0.4, 0.5) is 11.4 Å². The fourth-order valence-corrected chi connectivity index (χ4v) is 6.00. The average Bonchev–Trinajstić information content (AvgIpc) is 2.95. The molecule has 0 aliphatic heterocycles. The Kier molecular flexibility index (Phi) is 10.7. The van der Waals surface area contributed by atoms with Crippen molar-refractivity contribution in [3.05, 3.63) is 90.9 Å². The van der Waals surface area contributed by atoms with E-state index in [4.69, 9.17) is 39.5 Å². The van der Waals surface area contributed by atoms with Crippen LogP contribution in [-0.2, 0) is 26.2 Å². The Bertz CT molecular complexity index is 1640. The number of ether oxygens (including phenoxy) is 1. The number of amides is 2. The molecule has 3 aromatic rings. The molecule has 0 heterocycles. The Hall–Kier alpha value is -3.58. The molecule has 2 amide bonds. The minimum absolute atomic E-state index is 0.0627. The van der Waals surface area contributed by atoms with Crippen molar-refractivity contribution < 1.29 is 27.7 Å². The summed E-state index contributed by atoms with van der Waals surface area (Å²) in [4.78, 5) is 38.2. The quantitative estimate of drug-likeness (QED) is 0.220. The van der Waals surface area contributed by atoms with Gasteiger partial charge in [-0.15, -0.1) is 0 Å². The van der Waals surface area contributed by atoms with Gasteiger partial charge in [0.25, 0.3) is 15.7 Å². The first-order chi connectivity index (χ1) is 19.7. The lowest BCUT2D eigenvalue weighted by Crippen LogP contribution is -2.50. The molecule has 0 fully saturated rings. The Morgan fingerprint density at radius 2 is 1.74 bits per heavy atom. The molecule has 11 nitrogen and oxygen atoms in total. The molecule has 3 aromatic carbocycles. The summed E-state index contributed by atoms with van der Waals surface area (Å²) in [7, 11) is -1.93. The number of nitro benzene ring substituents is 1. The van der Waals surface area contributed by atoms with Crippen molar-refractivity contribution in [1.82, 2.24) is 10.2 Å². The van der Waals surface area contributed by atoms with Crippen LogP contribution in [0.15, 0.2) is 59.5 Å². The summed E-state index contributed by atoms with van der Waals surface area (Å²) < 4.78 is 34.3. The lowest BCUT2D eigenvalue weighted by atomic mass is 10.1. The number of halogens is 3. The van der Waals surface area contributed by atoms with Crippen molar-refractivity contribution >= 4 is 68.0 Å². The van der Waals surface area contributed by atoms with E-state index < -0.39 is 49.9 Å². The Balaban J connectivity index is 2.17. The number of likely N-dealkylation sites (N-methyl/N-ethyl adjacent to an activating group) is 1. The predicted molar refractivity (Wildman–Crippen MR) is 161 cm³/mol. The van der Waals surface area contributed by atoms with E-state index in [0.29, 0.717) is 5.56 Å². The van der Waals surface area contributed by atoms with E-state index in [9.17, 15) is 28.1 Å². The Morgan fingerprint density at radius 3 is 2.33 bits per heavy atom. The second-order valence-electron chi connectivity index (χ2n) is 9.09. The summed E-state index contributed by atoms with van der Waals surface area (Å²) in [6.07, 6.45) is 0. The van der Waals surface area contributed by atoms with E-state index in [-0.39, 0.29) is 38.6 Å². The first-order valence-electron chi connectivity index (χ1n) is 12.3. The van der Waals surface area contributed by atoms with Crippen LogP contribution >= 0.6 is 34.8 Å². The summed E-state index contributed by atoms with van der Waals surface area (Å²) in [6, 6.07) is 11.2. The highest BCUT2D eigenvalue weighted by Gasteiger charge is 2.34. The molecule has 1 N–H and O–H groups in total. The van der Waals surface area contributed by atoms with E-state index in [1.807, 2.05) is 0 Å². The third-order valence-electron chi connectivity index (χ3n) is 6.40. The molecule has 42 heavy (non-hydrogen) atoms. The number of nitrogens with one attached hydrogen (secondary N) is 1. The van der Waals surface area contributed by atoms with Crippen molar-refractivity contribution in [1.29, 1.82) is 0 Å². The van der Waals surface area contributed by atoms with Crippen molar-refractivity contribution in [3.63, 3.8) is 0 Å². The van der Waals surface area contributed by atoms with E-state index in [1.54, 1.807) is 6.07 Å². The summed E-state index contributed by atoms with van der Waals surface area (Å²) in [5.74, 6) is -1.22. The zero-order valence-corrected chi connectivity index (χ0v) is 26.0. The number of carbonyl (C=O) groups excluding carboxylic acids is 2. The highest BCUT2D eigenvalue weighted by molar-refractivity contribution is 7.92. The first-order valence-corrected chi connectivity index (χ1v) is 14.8. The number of carbonyl (C=O) groups is 2. The van der Waals surface area contributed by atoms with Gasteiger partial charge in [0.2, 0.25) is 11.8 Å². The van der Waals surface area contributed by atoms with E-state index in [1.165, 1.54) is 75.4 Å². The number of nitrogens with zero attached hydrogens (tertiary/aromatic N) is 3. The van der Waals surface area contributed by atoms with Crippen molar-refractivity contribution in [2.24, 2.45) is 0 Å². The molecular formula is C27H27Cl3N4O7S. The largest absolute Gasteiger partial charge is 0.495 e. The maximum absolute atomic E-state index is 14.1. The van der Waals surface area contributed by atoms with Gasteiger partial charge in [0.05, 0.1) is 32.7 Å². The highest BCUT2D eigenvalue weighted by Crippen LogP contribution is 2.36. The van der Waals surface area contributed by atoms with Gasteiger partial charge in [-0.2, -0.15) is 0 Å². The molecule has 0 saturated carbocycles. The molecule has 0 aromatic heterocycles. The number of hydrogen-bond acceptors (Lipinski definition) is 7. The van der Waals surface area contributed by atoms with Gasteiger partial charge in [-0.1, -0.05) is 46.9 Å². The molecule has 0 aliphatic rings. The third kappa shape index (κ3) is 7.24. The van der Waals surface area contributed by atoms with Crippen LogP contribution in [0.1, 0.15) is 18.1 Å². The van der Waals surface area contributed by atoms with Gasteiger partial charge in [-0.3, -0.25) is 24.0 Å². The maximum atomic E-state index is 14.1. The summed E-state index contributed by atoms with van der Waals surface area (Å²) in [6.45, 7) is 2.01. The lowest BCUT2D eigenvalue weighted by Gasteiger charge is -2.32. The van der Waals surface area contributed by atoms with E-state index in [0.717, 1.165) is 10.4 Å². The van der Waals surface area contributed by atoms with Gasteiger partial charge in [-0.05, 0) is 55.8 Å². The molecule has 0 unspecified atom stereocenters. The maximum Gasteiger partial charge on any atom is 0.273 e. The minimum atomic E-state index is -4.64. The van der Waals surface area contributed by atoms with Gasteiger partial charge >= 0.3 is 0 Å². The fourth-order valence-electron chi connectivity index (χ4n) is 4.07. The van der Waals surface area contributed by atoms with Gasteiger partial charge < -0.3 is 15.0 Å². The number of aryl methyl sites for hydroxylation is 1. The molecule has 0 bridgehead atoms. The number of methoxy groups -OCH3 is 1. The zero-order chi connectivity index (χ0) is 31.4. The van der Waals surface area contributed by atoms with Crippen LogP contribution < -0.4 is 14.4 Å². The summed E-state index contributed by atoms with van der Waals surface area (Å²) in [5.41, 5.74) is 0.255. The molecule has 0 radical (unpaired) electrons. The molecule has 224 valence electrons. The van der Waals surface area contributed by atoms with Gasteiger partial charge in [0.1, 0.15) is 18.3 Å². The number of rotatable bonds is 11. The van der Waals surface area contributed by atoms with Gasteiger partial charge in [0, 0.05) is 30.2 Å². The lowest BCUT2D eigenvalue weighted by molar-refractivity contribution is -0.385. The molecule has 0 aliphatic carbocycles. The standard InChI is InChI=1S/C27H27Cl3N4O7S/c1-16-5-8-20(13-23(16)34(37)38)42(39,40)33(24-12-19(28)7-10-25(24)41-4)15-26(35)32(17(2)27(36)31-3)14-18-6-9-21(29)22(30)11-18/h5-13,17H,14-15H2,1-4H3,(H,31,36)/t17-/m1/s1. The third-order valence-corrected chi connectivity index (χ3v) is 9.13. The second-order valence-corrected chi connectivity index (χ2v) is 12.2. The van der Waals surface area contributed by atoms with Crippen LogP contribution in [0.2, 0.25) is 15.1 Å². The average molecular weight is 658 g/mol. The predicted octanol–water partition coefficient (Wildman–Crippen LogP) is 5.23. The monoisotopic (exact) mass is 656 g/mol. The van der Waals surface area contributed by atoms with Crippen LogP contribution in [0, 0.1) is 17.0 Å². The van der Waals surface area contributed by atoms with Crippen LogP contribution in [0.3, 0.4) is 0 Å². The minimum Gasteiger partial charge on any atom is -0.495 e. The summed E-state index contributed by atoms with van der Waals surface area (Å²) in [5, 5.41) is 14.7. The van der Waals surface area contributed by atoms with Crippen LogP contribution in [0.5, 0.6) is 5.75 Å². The number of nitro groups is 1. The smallest absolute Gasteiger partial charge is 0.273 e. The SMILES string of the molecule is CNC(=O)[C@@H](C)N(Cc1ccc(Cl)c(Cl)c1)C(=O)CN(c1cc(Cl)ccc1OC)S(=O)(=O)c1ccc(C)c([N+](=O)[O-])c1. The Labute approximate surface area is 258 Å². The number of anilines is 1. The first kappa shape index (κ1) is 32.9. The summed E-state index contributed by atoms with van der Waals surface area (Å²) >= 11 is 18.4.